The summed E-state index contributed by atoms with van der Waals surface area (Å²) in [6.45, 7) is 3.31. The van der Waals surface area contributed by atoms with Crippen LogP contribution in [0.1, 0.15) is 11.1 Å². The lowest BCUT2D eigenvalue weighted by Gasteiger charge is -2.18. The van der Waals surface area contributed by atoms with Crippen LogP contribution in [0.3, 0.4) is 0 Å². The molecule has 0 spiro atoms. The molecule has 12 nitrogen and oxygen atoms in total. The van der Waals surface area contributed by atoms with Crippen LogP contribution < -0.4 is 15.4 Å². The molecule has 0 atom stereocenters. The van der Waals surface area contributed by atoms with E-state index in [9.17, 15) is 19.7 Å². The number of amides is 2. The van der Waals surface area contributed by atoms with Gasteiger partial charge in [0.1, 0.15) is 5.75 Å². The highest BCUT2D eigenvalue weighted by atomic mass is 16.6. The molecule has 2 amide bonds. The molecule has 0 fully saturated rings. The van der Waals surface area contributed by atoms with Gasteiger partial charge in [0.05, 0.1) is 51.6 Å². The standard InChI is InChI=1S/C21H33N5O7/c1-24-4-6-32-8-9-33-7-5-25(2)15-20(28)23-13-17-11-18(26(29)30)10-16(21(17)31-3)12-22-19(27)14-24/h10-11H,4-9,12-15H2,1-3H3,(H,22,27)(H,23,28). The Labute approximate surface area is 193 Å². The second kappa shape index (κ2) is 13.7. The maximum Gasteiger partial charge on any atom is 0.270 e. The number of nitro groups is 1. The van der Waals surface area contributed by atoms with E-state index in [0.29, 0.717) is 56.4 Å². The molecular weight excluding hydrogens is 434 g/mol. The second-order valence-electron chi connectivity index (χ2n) is 7.81. The fraction of sp³-hybridized carbons (Fsp3) is 0.619. The highest BCUT2D eigenvalue weighted by Crippen LogP contribution is 2.29. The SMILES string of the molecule is COc1c2cc([N+](=O)[O-])cc1CNC(=O)CN(C)CCOCCOCCN(C)CC(=O)NC2. The number of non-ortho nitro benzene ring substituents is 1. The minimum absolute atomic E-state index is 0.0506. The van der Waals surface area contributed by atoms with Gasteiger partial charge in [-0.15, -0.1) is 0 Å². The van der Waals surface area contributed by atoms with Crippen LogP contribution >= 0.6 is 0 Å². The number of nitro benzene ring substituents is 1. The molecule has 2 rings (SSSR count). The van der Waals surface area contributed by atoms with Crippen molar-refractivity contribution in [2.45, 2.75) is 13.1 Å². The lowest BCUT2D eigenvalue weighted by Crippen LogP contribution is -2.36. The van der Waals surface area contributed by atoms with E-state index >= 15 is 0 Å². The molecule has 184 valence electrons. The van der Waals surface area contributed by atoms with Crippen LogP contribution in [-0.4, -0.2) is 100 Å². The van der Waals surface area contributed by atoms with Gasteiger partial charge >= 0.3 is 0 Å². The molecule has 0 unspecified atom stereocenters. The molecule has 2 N–H and O–H groups in total. The summed E-state index contributed by atoms with van der Waals surface area (Å²) in [5, 5.41) is 17.0. The molecule has 0 saturated heterocycles. The molecular formula is C21H33N5O7. The van der Waals surface area contributed by atoms with Crippen LogP contribution in [0.5, 0.6) is 5.75 Å². The van der Waals surface area contributed by atoms with Crippen molar-refractivity contribution in [3.63, 3.8) is 0 Å². The van der Waals surface area contributed by atoms with E-state index < -0.39 is 4.92 Å². The Morgan fingerprint density at radius 2 is 1.36 bits per heavy atom. The number of nitrogens with one attached hydrogen (secondary N) is 2. The zero-order valence-electron chi connectivity index (χ0n) is 19.4. The van der Waals surface area contributed by atoms with E-state index in [0.717, 1.165) is 0 Å². The smallest absolute Gasteiger partial charge is 0.270 e. The van der Waals surface area contributed by atoms with E-state index in [1.165, 1.54) is 19.2 Å². The third kappa shape index (κ3) is 9.30. The summed E-state index contributed by atoms with van der Waals surface area (Å²) in [6, 6.07) is 2.73. The first-order valence-corrected chi connectivity index (χ1v) is 10.7. The summed E-state index contributed by atoms with van der Waals surface area (Å²) in [5.74, 6) is -0.0908. The Bertz CT molecular complexity index is 765. The minimum atomic E-state index is -0.515. The van der Waals surface area contributed by atoms with Crippen molar-refractivity contribution in [1.82, 2.24) is 20.4 Å². The van der Waals surface area contributed by atoms with Crippen molar-refractivity contribution in [3.8, 4) is 5.75 Å². The number of likely N-dealkylation sites (N-methyl/N-ethyl adjacent to an activating group) is 2. The highest BCUT2D eigenvalue weighted by Gasteiger charge is 2.19. The topological polar surface area (TPSA) is 136 Å². The Kier molecular flexibility index (Phi) is 11.0. The van der Waals surface area contributed by atoms with E-state index in [4.69, 9.17) is 14.2 Å². The number of ether oxygens (including phenoxy) is 3. The Morgan fingerprint density at radius 3 is 1.76 bits per heavy atom. The van der Waals surface area contributed by atoms with Crippen molar-refractivity contribution in [2.75, 3.05) is 73.8 Å². The van der Waals surface area contributed by atoms with Gasteiger partial charge in [-0.2, -0.15) is 0 Å². The number of methoxy groups -OCH3 is 1. The van der Waals surface area contributed by atoms with Gasteiger partial charge < -0.3 is 24.8 Å². The first-order chi connectivity index (χ1) is 15.8. The minimum Gasteiger partial charge on any atom is -0.496 e. The summed E-state index contributed by atoms with van der Waals surface area (Å²) in [4.78, 5) is 39.2. The number of benzene rings is 1. The molecule has 12 heteroatoms. The summed E-state index contributed by atoms with van der Waals surface area (Å²) >= 11 is 0. The number of fused-ring (bicyclic) bond motifs is 2. The normalized spacial score (nSPS) is 19.1. The predicted octanol–water partition coefficient (Wildman–Crippen LogP) is -0.254. The molecule has 1 aromatic carbocycles. The quantitative estimate of drug-likeness (QED) is 0.446. The lowest BCUT2D eigenvalue weighted by molar-refractivity contribution is -0.385. The third-order valence-electron chi connectivity index (χ3n) is 5.03. The van der Waals surface area contributed by atoms with Gasteiger partial charge in [0, 0.05) is 49.4 Å². The van der Waals surface area contributed by atoms with Crippen LogP contribution in [0.2, 0.25) is 0 Å². The molecule has 0 saturated carbocycles. The Balaban J connectivity index is 2.20. The second-order valence-corrected chi connectivity index (χ2v) is 7.81. The number of hydrogen-bond donors (Lipinski definition) is 2. The molecule has 1 aliphatic heterocycles. The molecule has 1 aliphatic rings. The molecule has 0 aromatic heterocycles. The largest absolute Gasteiger partial charge is 0.496 e. The fourth-order valence-electron chi connectivity index (χ4n) is 3.28. The van der Waals surface area contributed by atoms with Crippen molar-refractivity contribution >= 4 is 17.5 Å². The fourth-order valence-corrected chi connectivity index (χ4v) is 3.28. The van der Waals surface area contributed by atoms with Gasteiger partial charge in [-0.1, -0.05) is 0 Å². The first-order valence-electron chi connectivity index (χ1n) is 10.7. The molecule has 33 heavy (non-hydrogen) atoms. The number of carbonyl (C=O) groups is 2. The number of nitrogens with zero attached hydrogens (tertiary/aromatic N) is 3. The summed E-state index contributed by atoms with van der Waals surface area (Å²) in [6.07, 6.45) is 0. The monoisotopic (exact) mass is 467 g/mol. The van der Waals surface area contributed by atoms with Crippen LogP contribution in [-0.2, 0) is 32.2 Å². The van der Waals surface area contributed by atoms with Gasteiger partial charge in [0.2, 0.25) is 11.8 Å². The van der Waals surface area contributed by atoms with Gasteiger partial charge in [0.15, 0.2) is 0 Å². The molecule has 1 heterocycles. The predicted molar refractivity (Wildman–Crippen MR) is 120 cm³/mol. The highest BCUT2D eigenvalue weighted by molar-refractivity contribution is 5.78. The summed E-state index contributed by atoms with van der Waals surface area (Å²) < 4.78 is 16.5. The average molecular weight is 468 g/mol. The van der Waals surface area contributed by atoms with Crippen LogP contribution in [0.15, 0.2) is 12.1 Å². The van der Waals surface area contributed by atoms with Crippen molar-refractivity contribution in [1.29, 1.82) is 0 Å². The first kappa shape index (κ1) is 26.5. The van der Waals surface area contributed by atoms with Gasteiger partial charge in [-0.25, -0.2) is 0 Å². The zero-order valence-corrected chi connectivity index (χ0v) is 19.4. The molecule has 0 radical (unpaired) electrons. The maximum absolute atomic E-state index is 12.3. The van der Waals surface area contributed by atoms with Crippen LogP contribution in [0, 0.1) is 10.1 Å². The van der Waals surface area contributed by atoms with Gasteiger partial charge in [-0.3, -0.25) is 29.5 Å². The number of rotatable bonds is 2. The van der Waals surface area contributed by atoms with Crippen LogP contribution in [0.25, 0.3) is 0 Å². The van der Waals surface area contributed by atoms with Crippen molar-refractivity contribution < 1.29 is 28.7 Å². The van der Waals surface area contributed by atoms with E-state index in [1.807, 2.05) is 9.80 Å². The Morgan fingerprint density at radius 1 is 0.909 bits per heavy atom. The maximum atomic E-state index is 12.3. The molecule has 0 aliphatic carbocycles. The Hall–Kier alpha value is -2.80. The number of carbonyl (C=O) groups excluding carboxylic acids is 2. The number of hydrogen-bond acceptors (Lipinski definition) is 9. The lowest BCUT2D eigenvalue weighted by atomic mass is 10.1. The summed E-state index contributed by atoms with van der Waals surface area (Å²) in [7, 11) is 5.06. The van der Waals surface area contributed by atoms with Crippen molar-refractivity contribution in [2.24, 2.45) is 0 Å². The van der Waals surface area contributed by atoms with Gasteiger partial charge in [0.25, 0.3) is 5.69 Å². The van der Waals surface area contributed by atoms with Crippen molar-refractivity contribution in [3.05, 3.63) is 33.4 Å². The van der Waals surface area contributed by atoms with E-state index in [2.05, 4.69) is 10.6 Å². The average Bonchev–Trinajstić information content (AvgIpc) is 2.76. The van der Waals surface area contributed by atoms with E-state index in [1.54, 1.807) is 14.1 Å². The van der Waals surface area contributed by atoms with Crippen LogP contribution in [0.4, 0.5) is 5.69 Å². The molecule has 2 bridgehead atoms. The summed E-state index contributed by atoms with van der Waals surface area (Å²) in [5.41, 5.74) is 0.761. The molecule has 1 aromatic rings. The third-order valence-corrected chi connectivity index (χ3v) is 5.03. The zero-order chi connectivity index (χ0) is 24.2. The van der Waals surface area contributed by atoms with E-state index in [-0.39, 0.29) is 43.7 Å². The van der Waals surface area contributed by atoms with Gasteiger partial charge in [-0.05, 0) is 14.1 Å².